The number of rotatable bonds is 5. The van der Waals surface area contributed by atoms with Gasteiger partial charge in [-0.2, -0.15) is 0 Å². The van der Waals surface area contributed by atoms with Crippen LogP contribution in [0.4, 0.5) is 5.69 Å². The number of fused-ring (bicyclic) bond motifs is 5. The number of benzene rings is 2. The topological polar surface area (TPSA) is 101 Å². The van der Waals surface area contributed by atoms with E-state index in [1.165, 1.54) is 25.1 Å². The van der Waals surface area contributed by atoms with Crippen molar-refractivity contribution in [3.63, 3.8) is 0 Å². The maximum Gasteiger partial charge on any atom is 0.342 e. The van der Waals surface area contributed by atoms with Gasteiger partial charge in [0.15, 0.2) is 6.10 Å². The van der Waals surface area contributed by atoms with Gasteiger partial charge in [-0.1, -0.05) is 42.0 Å². The number of phenolic OH excluding ortho intramolecular Hbond substituents is 1. The summed E-state index contributed by atoms with van der Waals surface area (Å²) >= 11 is 0. The van der Waals surface area contributed by atoms with Gasteiger partial charge in [-0.25, -0.2) is 9.69 Å². The number of carbonyl (C=O) groups excluding carboxylic acids is 4. The van der Waals surface area contributed by atoms with Crippen LogP contribution in [0.1, 0.15) is 39.6 Å². The Bertz CT molecular complexity index is 1180. The number of hydrogen-bond donors (Lipinski definition) is 1. The minimum Gasteiger partial charge on any atom is -0.507 e. The molecular weight excluding hydrogens is 422 g/mol. The number of ether oxygens (including phenoxy) is 1. The fourth-order valence-electron chi connectivity index (χ4n) is 5.21. The lowest BCUT2D eigenvalue weighted by Crippen LogP contribution is -2.33. The smallest absolute Gasteiger partial charge is 0.342 e. The van der Waals surface area contributed by atoms with Crippen molar-refractivity contribution in [2.45, 2.75) is 26.4 Å². The zero-order chi connectivity index (χ0) is 23.4. The molecule has 0 aromatic heterocycles. The first-order chi connectivity index (χ1) is 15.8. The molecule has 7 nitrogen and oxygen atoms in total. The van der Waals surface area contributed by atoms with Gasteiger partial charge in [0, 0.05) is 5.56 Å². The van der Waals surface area contributed by atoms with Gasteiger partial charge in [0.2, 0.25) is 17.6 Å². The Hall–Kier alpha value is -3.74. The van der Waals surface area contributed by atoms with Crippen LogP contribution in [0.15, 0.2) is 54.6 Å². The van der Waals surface area contributed by atoms with E-state index in [0.717, 1.165) is 16.9 Å². The number of phenols is 1. The molecule has 5 atom stereocenters. The average molecular weight is 445 g/mol. The summed E-state index contributed by atoms with van der Waals surface area (Å²) in [5.41, 5.74) is 1.40. The zero-order valence-electron chi connectivity index (χ0n) is 18.2. The van der Waals surface area contributed by atoms with E-state index < -0.39 is 12.1 Å². The lowest BCUT2D eigenvalue weighted by Gasteiger charge is -2.19. The number of aryl methyl sites for hydroxylation is 1. The monoisotopic (exact) mass is 445 g/mol. The third kappa shape index (κ3) is 3.35. The van der Waals surface area contributed by atoms with Crippen LogP contribution in [0.25, 0.3) is 0 Å². The van der Waals surface area contributed by atoms with E-state index in [0.29, 0.717) is 5.56 Å². The maximum atomic E-state index is 13.0. The van der Waals surface area contributed by atoms with E-state index >= 15 is 0 Å². The standard InChI is InChI=1S/C26H23NO6/c1-13-3-5-15(6-4-13)23(29)14(2)33-26(32)19-12-18(9-10-20(19)28)27-24(30)21-16-7-8-17(11-16)22(21)25(27)31/h3-10,12,14,16-17,21-22,28H,11H2,1-2H3/t14-,16-,17-,21-,22-/m0/s1. The van der Waals surface area contributed by atoms with E-state index in [9.17, 15) is 24.3 Å². The first-order valence-electron chi connectivity index (χ1n) is 11.0. The van der Waals surface area contributed by atoms with E-state index in [4.69, 9.17) is 4.74 Å². The van der Waals surface area contributed by atoms with Crippen molar-refractivity contribution in [1.29, 1.82) is 0 Å². The molecule has 1 N–H and O–H groups in total. The number of hydrogen-bond acceptors (Lipinski definition) is 6. The SMILES string of the molecule is Cc1ccc(C(=O)[C@H](C)OC(=O)c2cc(N3C(=O)[C@@H]4[C@@H](C3=O)[C@H]3C=C[C@H]4C3)ccc2O)cc1. The minimum absolute atomic E-state index is 0.0663. The van der Waals surface area contributed by atoms with Gasteiger partial charge in [-0.3, -0.25) is 14.4 Å². The van der Waals surface area contributed by atoms with Crippen LogP contribution in [-0.4, -0.2) is 34.8 Å². The number of nitrogens with zero attached hydrogens (tertiary/aromatic N) is 1. The normalized spacial score (nSPS) is 25.9. The average Bonchev–Trinajstić information content (AvgIpc) is 3.48. The van der Waals surface area contributed by atoms with Gasteiger partial charge in [-0.05, 0) is 50.3 Å². The summed E-state index contributed by atoms with van der Waals surface area (Å²) in [7, 11) is 0. The first-order valence-corrected chi connectivity index (χ1v) is 11.0. The number of anilines is 1. The molecule has 0 radical (unpaired) electrons. The number of ketones is 1. The number of imide groups is 1. The van der Waals surface area contributed by atoms with Crippen LogP contribution >= 0.6 is 0 Å². The molecule has 2 bridgehead atoms. The molecule has 2 amide bonds. The van der Waals surface area contributed by atoms with Crippen molar-refractivity contribution in [3.8, 4) is 5.75 Å². The Morgan fingerprint density at radius 1 is 1.00 bits per heavy atom. The molecule has 168 valence electrons. The van der Waals surface area contributed by atoms with Gasteiger partial charge in [0.1, 0.15) is 11.3 Å². The summed E-state index contributed by atoms with van der Waals surface area (Å²) in [5.74, 6) is -2.83. The number of amides is 2. The number of carbonyl (C=O) groups is 4. The summed E-state index contributed by atoms with van der Waals surface area (Å²) in [6.45, 7) is 3.36. The second kappa shape index (κ2) is 7.69. The van der Waals surface area contributed by atoms with E-state index in [1.807, 2.05) is 19.1 Å². The highest BCUT2D eigenvalue weighted by atomic mass is 16.5. The molecule has 0 unspecified atom stereocenters. The molecule has 2 fully saturated rings. The second-order valence-electron chi connectivity index (χ2n) is 8.99. The summed E-state index contributed by atoms with van der Waals surface area (Å²) < 4.78 is 5.31. The zero-order valence-corrected chi connectivity index (χ0v) is 18.2. The van der Waals surface area contributed by atoms with Crippen LogP contribution < -0.4 is 4.90 Å². The molecule has 2 aliphatic carbocycles. The Kier molecular flexibility index (Phi) is 4.92. The fraction of sp³-hybridized carbons (Fsp3) is 0.308. The summed E-state index contributed by atoms with van der Waals surface area (Å²) in [4.78, 5) is 52.6. The van der Waals surface area contributed by atoms with Gasteiger partial charge >= 0.3 is 5.97 Å². The van der Waals surface area contributed by atoms with Crippen LogP contribution in [0.5, 0.6) is 5.75 Å². The third-order valence-electron chi connectivity index (χ3n) is 6.92. The van der Waals surface area contributed by atoms with Gasteiger partial charge < -0.3 is 9.84 Å². The predicted molar refractivity (Wildman–Crippen MR) is 119 cm³/mol. The lowest BCUT2D eigenvalue weighted by molar-refractivity contribution is -0.123. The molecule has 1 heterocycles. The van der Waals surface area contributed by atoms with E-state index in [1.54, 1.807) is 24.3 Å². The molecule has 0 spiro atoms. The molecule has 2 aromatic carbocycles. The minimum atomic E-state index is -1.08. The molecule has 3 aliphatic rings. The van der Waals surface area contributed by atoms with Crippen molar-refractivity contribution in [3.05, 3.63) is 71.3 Å². The predicted octanol–water partition coefficient (Wildman–Crippen LogP) is 3.44. The number of esters is 1. The molecule has 1 aliphatic heterocycles. The van der Waals surface area contributed by atoms with Crippen molar-refractivity contribution < 1.29 is 29.0 Å². The molecule has 7 heteroatoms. The summed E-state index contributed by atoms with van der Waals surface area (Å²) in [5, 5.41) is 10.3. The third-order valence-corrected chi connectivity index (χ3v) is 6.92. The molecule has 2 aromatic rings. The molecule has 1 saturated carbocycles. The van der Waals surface area contributed by atoms with Crippen molar-refractivity contribution in [1.82, 2.24) is 0 Å². The van der Waals surface area contributed by atoms with Crippen molar-refractivity contribution in [2.24, 2.45) is 23.7 Å². The maximum absolute atomic E-state index is 13.0. The first kappa shape index (κ1) is 21.1. The quantitative estimate of drug-likeness (QED) is 0.328. The van der Waals surface area contributed by atoms with Crippen LogP contribution in [0, 0.1) is 30.6 Å². The van der Waals surface area contributed by atoms with Crippen LogP contribution in [0.3, 0.4) is 0 Å². The van der Waals surface area contributed by atoms with Gasteiger partial charge in [0.05, 0.1) is 17.5 Å². The van der Waals surface area contributed by atoms with Crippen molar-refractivity contribution >= 4 is 29.3 Å². The fourth-order valence-corrected chi connectivity index (χ4v) is 5.21. The lowest BCUT2D eigenvalue weighted by atomic mass is 9.85. The van der Waals surface area contributed by atoms with Gasteiger partial charge in [-0.15, -0.1) is 0 Å². The number of allylic oxidation sites excluding steroid dienone is 2. The Morgan fingerprint density at radius 2 is 1.61 bits per heavy atom. The number of aromatic hydroxyl groups is 1. The Labute approximate surface area is 190 Å². The summed E-state index contributed by atoms with van der Waals surface area (Å²) in [6.07, 6.45) is 3.75. The van der Waals surface area contributed by atoms with E-state index in [2.05, 4.69) is 0 Å². The van der Waals surface area contributed by atoms with Crippen molar-refractivity contribution in [2.75, 3.05) is 4.90 Å². The van der Waals surface area contributed by atoms with E-state index in [-0.39, 0.29) is 58.3 Å². The Morgan fingerprint density at radius 3 is 2.21 bits per heavy atom. The highest BCUT2D eigenvalue weighted by Gasteiger charge is 2.59. The number of Topliss-reactive ketones (excluding diaryl/α,β-unsaturated/α-hetero) is 1. The molecule has 33 heavy (non-hydrogen) atoms. The molecule has 1 saturated heterocycles. The van der Waals surface area contributed by atoms with Crippen LogP contribution in [0.2, 0.25) is 0 Å². The highest BCUT2D eigenvalue weighted by Crippen LogP contribution is 2.53. The van der Waals surface area contributed by atoms with Gasteiger partial charge in [0.25, 0.3) is 0 Å². The molecule has 5 rings (SSSR count). The highest BCUT2D eigenvalue weighted by molar-refractivity contribution is 6.23. The van der Waals surface area contributed by atoms with Crippen LogP contribution in [-0.2, 0) is 14.3 Å². The Balaban J connectivity index is 1.36. The second-order valence-corrected chi connectivity index (χ2v) is 8.99. The largest absolute Gasteiger partial charge is 0.507 e. The molecular formula is C26H23NO6. The summed E-state index contributed by atoms with van der Waals surface area (Å²) in [6, 6.07) is 10.8.